The van der Waals surface area contributed by atoms with E-state index in [-0.39, 0.29) is 0 Å². The average Bonchev–Trinajstić information content (AvgIpc) is 2.08. The maximum absolute atomic E-state index is 10.8. The van der Waals surface area contributed by atoms with Crippen molar-refractivity contribution in [3.63, 3.8) is 0 Å². The zero-order valence-corrected chi connectivity index (χ0v) is 9.52. The Kier molecular flexibility index (Phi) is 3.45. The summed E-state index contributed by atoms with van der Waals surface area (Å²) in [6.07, 6.45) is 0. The topological polar surface area (TPSA) is 37.3 Å². The van der Waals surface area contributed by atoms with Gasteiger partial charge < -0.3 is 5.11 Å². The molecule has 0 unspecified atom stereocenters. The molecule has 0 aliphatic carbocycles. The maximum Gasteiger partial charge on any atom is 0.319 e. The lowest BCUT2D eigenvalue weighted by molar-refractivity contribution is -0.138. The number of rotatable bonds is 3. The standard InChI is InChI=1S/C10H11ClO2S/c1-10(2,9(12)13)14-8-5-3-7(11)4-6-8/h3-6H,1-2H3,(H,12,13). The van der Waals surface area contributed by atoms with Crippen LogP contribution in [0, 0.1) is 0 Å². The molecule has 1 aromatic rings. The minimum absolute atomic E-state index is 0.655. The summed E-state index contributed by atoms with van der Waals surface area (Å²) in [5.41, 5.74) is 0. The summed E-state index contributed by atoms with van der Waals surface area (Å²) in [6, 6.07) is 7.14. The fraction of sp³-hybridized carbons (Fsp3) is 0.300. The molecule has 0 aromatic heterocycles. The highest BCUT2D eigenvalue weighted by molar-refractivity contribution is 8.01. The van der Waals surface area contributed by atoms with Crippen molar-refractivity contribution in [2.75, 3.05) is 0 Å². The van der Waals surface area contributed by atoms with Gasteiger partial charge in [-0.05, 0) is 38.1 Å². The number of carboxylic acid groups (broad SMARTS) is 1. The van der Waals surface area contributed by atoms with E-state index in [1.807, 2.05) is 12.1 Å². The number of aliphatic carboxylic acids is 1. The first kappa shape index (κ1) is 11.4. The third-order valence-corrected chi connectivity index (χ3v) is 3.15. The number of hydrogen-bond acceptors (Lipinski definition) is 2. The maximum atomic E-state index is 10.8. The zero-order chi connectivity index (χ0) is 10.8. The Bertz CT molecular complexity index is 332. The van der Waals surface area contributed by atoms with Gasteiger partial charge in [-0.15, -0.1) is 11.8 Å². The summed E-state index contributed by atoms with van der Waals surface area (Å²) in [5.74, 6) is -0.822. The van der Waals surface area contributed by atoms with E-state index in [4.69, 9.17) is 16.7 Å². The molecule has 0 amide bonds. The van der Waals surface area contributed by atoms with E-state index in [1.165, 1.54) is 11.8 Å². The van der Waals surface area contributed by atoms with Crippen molar-refractivity contribution < 1.29 is 9.90 Å². The third-order valence-electron chi connectivity index (χ3n) is 1.70. The molecule has 1 rings (SSSR count). The van der Waals surface area contributed by atoms with Gasteiger partial charge in [-0.3, -0.25) is 4.79 Å². The smallest absolute Gasteiger partial charge is 0.319 e. The van der Waals surface area contributed by atoms with Crippen LogP contribution in [-0.4, -0.2) is 15.8 Å². The van der Waals surface area contributed by atoms with E-state index in [9.17, 15) is 4.79 Å². The Balaban J connectivity index is 2.79. The SMILES string of the molecule is CC(C)(Sc1ccc(Cl)cc1)C(=O)O. The first-order valence-electron chi connectivity index (χ1n) is 4.10. The van der Waals surface area contributed by atoms with Crippen LogP contribution in [0.4, 0.5) is 0 Å². The van der Waals surface area contributed by atoms with Gasteiger partial charge >= 0.3 is 5.97 Å². The fourth-order valence-corrected chi connectivity index (χ4v) is 1.92. The minimum atomic E-state index is -0.822. The molecule has 0 aliphatic rings. The molecule has 0 radical (unpaired) electrons. The van der Waals surface area contributed by atoms with Crippen LogP contribution in [0.3, 0.4) is 0 Å². The highest BCUT2D eigenvalue weighted by atomic mass is 35.5. The highest BCUT2D eigenvalue weighted by Crippen LogP contribution is 2.32. The summed E-state index contributed by atoms with van der Waals surface area (Å²) in [5, 5.41) is 9.57. The van der Waals surface area contributed by atoms with Gasteiger partial charge in [0.25, 0.3) is 0 Å². The molecule has 0 spiro atoms. The van der Waals surface area contributed by atoms with Gasteiger partial charge in [0.05, 0.1) is 0 Å². The van der Waals surface area contributed by atoms with Crippen LogP contribution < -0.4 is 0 Å². The predicted octanol–water partition coefficient (Wildman–Crippen LogP) is 3.30. The summed E-state index contributed by atoms with van der Waals surface area (Å²) in [6.45, 7) is 3.35. The van der Waals surface area contributed by atoms with Crippen LogP contribution in [0.5, 0.6) is 0 Å². The van der Waals surface area contributed by atoms with Crippen LogP contribution in [0.2, 0.25) is 5.02 Å². The first-order valence-corrected chi connectivity index (χ1v) is 5.29. The minimum Gasteiger partial charge on any atom is -0.480 e. The molecule has 0 saturated carbocycles. The van der Waals surface area contributed by atoms with Crippen molar-refractivity contribution in [1.82, 2.24) is 0 Å². The summed E-state index contributed by atoms with van der Waals surface area (Å²) in [4.78, 5) is 11.7. The Labute approximate surface area is 92.3 Å². The number of hydrogen-bond donors (Lipinski definition) is 1. The monoisotopic (exact) mass is 230 g/mol. The highest BCUT2D eigenvalue weighted by Gasteiger charge is 2.28. The van der Waals surface area contributed by atoms with Gasteiger partial charge in [-0.25, -0.2) is 0 Å². The number of carbonyl (C=O) groups is 1. The van der Waals surface area contributed by atoms with Crippen molar-refractivity contribution in [1.29, 1.82) is 0 Å². The Hall–Kier alpha value is -0.670. The number of carboxylic acids is 1. The average molecular weight is 231 g/mol. The quantitative estimate of drug-likeness (QED) is 0.810. The number of thioether (sulfide) groups is 1. The molecule has 0 bridgehead atoms. The Morgan fingerprint density at radius 1 is 1.36 bits per heavy atom. The number of benzene rings is 1. The fourth-order valence-electron chi connectivity index (χ4n) is 0.841. The molecule has 4 heteroatoms. The van der Waals surface area contributed by atoms with Crippen molar-refractivity contribution in [2.24, 2.45) is 0 Å². The molecule has 14 heavy (non-hydrogen) atoms. The first-order chi connectivity index (χ1) is 6.42. The van der Waals surface area contributed by atoms with Gasteiger partial charge in [0, 0.05) is 9.92 Å². The van der Waals surface area contributed by atoms with E-state index in [0.29, 0.717) is 5.02 Å². The normalized spacial score (nSPS) is 11.4. The van der Waals surface area contributed by atoms with Gasteiger partial charge in [-0.2, -0.15) is 0 Å². The van der Waals surface area contributed by atoms with Crippen molar-refractivity contribution in [2.45, 2.75) is 23.5 Å². The summed E-state index contributed by atoms with van der Waals surface area (Å²) < 4.78 is -0.812. The molecule has 0 saturated heterocycles. The molecular weight excluding hydrogens is 220 g/mol. The second-order valence-corrected chi connectivity index (χ2v) is 5.50. The summed E-state index contributed by atoms with van der Waals surface area (Å²) >= 11 is 7.02. The molecular formula is C10H11ClO2S. The lowest BCUT2D eigenvalue weighted by atomic mass is 10.2. The molecule has 0 aliphatic heterocycles. The number of halogens is 1. The van der Waals surface area contributed by atoms with Crippen molar-refractivity contribution >= 4 is 29.3 Å². The van der Waals surface area contributed by atoms with Gasteiger partial charge in [0.15, 0.2) is 0 Å². The molecule has 0 heterocycles. The molecule has 2 nitrogen and oxygen atoms in total. The Morgan fingerprint density at radius 2 is 1.86 bits per heavy atom. The van der Waals surface area contributed by atoms with Crippen LogP contribution in [0.25, 0.3) is 0 Å². The molecule has 76 valence electrons. The lowest BCUT2D eigenvalue weighted by Crippen LogP contribution is -2.26. The van der Waals surface area contributed by atoms with E-state index in [2.05, 4.69) is 0 Å². The van der Waals surface area contributed by atoms with Crippen LogP contribution in [0.1, 0.15) is 13.8 Å². The molecule has 0 fully saturated rings. The van der Waals surface area contributed by atoms with Gasteiger partial charge in [-0.1, -0.05) is 11.6 Å². The molecule has 1 aromatic carbocycles. The van der Waals surface area contributed by atoms with E-state index in [1.54, 1.807) is 26.0 Å². The third kappa shape index (κ3) is 2.93. The Morgan fingerprint density at radius 3 is 2.29 bits per heavy atom. The zero-order valence-electron chi connectivity index (χ0n) is 7.95. The second-order valence-electron chi connectivity index (χ2n) is 3.37. The van der Waals surface area contributed by atoms with Crippen molar-refractivity contribution in [3.8, 4) is 0 Å². The van der Waals surface area contributed by atoms with Gasteiger partial charge in [0.2, 0.25) is 0 Å². The lowest BCUT2D eigenvalue weighted by Gasteiger charge is -2.18. The second kappa shape index (κ2) is 4.24. The van der Waals surface area contributed by atoms with E-state index < -0.39 is 10.7 Å². The van der Waals surface area contributed by atoms with E-state index >= 15 is 0 Å². The van der Waals surface area contributed by atoms with E-state index in [0.717, 1.165) is 4.90 Å². The molecule has 0 atom stereocenters. The van der Waals surface area contributed by atoms with Crippen LogP contribution in [0.15, 0.2) is 29.2 Å². The van der Waals surface area contributed by atoms with Gasteiger partial charge in [0.1, 0.15) is 4.75 Å². The predicted molar refractivity (Wildman–Crippen MR) is 59.0 cm³/mol. The largest absolute Gasteiger partial charge is 0.480 e. The summed E-state index contributed by atoms with van der Waals surface area (Å²) in [7, 11) is 0. The van der Waals surface area contributed by atoms with Crippen LogP contribution in [-0.2, 0) is 4.79 Å². The van der Waals surface area contributed by atoms with Crippen molar-refractivity contribution in [3.05, 3.63) is 29.3 Å². The molecule has 1 N–H and O–H groups in total. The van der Waals surface area contributed by atoms with Crippen LogP contribution >= 0.6 is 23.4 Å².